The molecule has 0 spiro atoms. The molecule has 14 heavy (non-hydrogen) atoms. The molecule has 0 unspecified atom stereocenters. The fraction of sp³-hybridized carbons (Fsp3) is 0.300. The molecular weight excluding hydrogens is 246 g/mol. The summed E-state index contributed by atoms with van der Waals surface area (Å²) in [6.07, 6.45) is 0.268. The normalized spacial score (nSPS) is 10.1. The van der Waals surface area contributed by atoms with Crippen molar-refractivity contribution >= 4 is 21.8 Å². The van der Waals surface area contributed by atoms with E-state index in [0.29, 0.717) is 13.2 Å². The molecule has 0 aromatic heterocycles. The first-order chi connectivity index (χ1) is 6.70. The lowest BCUT2D eigenvalue weighted by Gasteiger charge is -2.04. The molecule has 0 fully saturated rings. The number of hydrogen-bond acceptors (Lipinski definition) is 2. The third-order valence-corrected chi connectivity index (χ3v) is 2.48. The van der Waals surface area contributed by atoms with E-state index in [-0.39, 0.29) is 12.3 Å². The number of nitrogens with two attached hydrogens (primary N) is 1. The van der Waals surface area contributed by atoms with Crippen LogP contribution in [0.2, 0.25) is 0 Å². The Morgan fingerprint density at radius 3 is 2.79 bits per heavy atom. The number of amides is 1. The Morgan fingerprint density at radius 1 is 1.43 bits per heavy atom. The number of carbonyl (C=O) groups excluding carboxylic acids is 1. The minimum Gasteiger partial charge on any atom is -0.376 e. The van der Waals surface area contributed by atoms with Crippen molar-refractivity contribution in [1.82, 2.24) is 0 Å². The minimum absolute atomic E-state index is 0.268. The van der Waals surface area contributed by atoms with Crippen molar-refractivity contribution in [3.63, 3.8) is 0 Å². The smallest absolute Gasteiger partial charge is 0.219 e. The first-order valence-electron chi connectivity index (χ1n) is 4.29. The maximum atomic E-state index is 10.4. The van der Waals surface area contributed by atoms with E-state index >= 15 is 0 Å². The third-order valence-electron chi connectivity index (χ3n) is 1.71. The number of halogens is 1. The Labute approximate surface area is 91.4 Å². The van der Waals surface area contributed by atoms with Gasteiger partial charge in [0.1, 0.15) is 0 Å². The highest BCUT2D eigenvalue weighted by Gasteiger charge is 1.99. The highest BCUT2D eigenvalue weighted by Crippen LogP contribution is 2.16. The second-order valence-corrected chi connectivity index (χ2v) is 3.71. The molecule has 0 heterocycles. The molecule has 1 amide bonds. The van der Waals surface area contributed by atoms with Crippen molar-refractivity contribution in [1.29, 1.82) is 0 Å². The topological polar surface area (TPSA) is 52.3 Å². The third kappa shape index (κ3) is 3.89. The molecule has 1 aromatic rings. The molecule has 1 rings (SSSR count). The van der Waals surface area contributed by atoms with Gasteiger partial charge >= 0.3 is 0 Å². The van der Waals surface area contributed by atoms with Gasteiger partial charge in [-0.1, -0.05) is 34.1 Å². The largest absolute Gasteiger partial charge is 0.376 e. The SMILES string of the molecule is NC(=O)CCOCc1ccccc1Br. The Kier molecular flexibility index (Phi) is 4.62. The predicted molar refractivity (Wildman–Crippen MR) is 57.6 cm³/mol. The molecule has 1 aromatic carbocycles. The summed E-state index contributed by atoms with van der Waals surface area (Å²) in [4.78, 5) is 10.4. The van der Waals surface area contributed by atoms with E-state index in [4.69, 9.17) is 10.5 Å². The molecule has 0 saturated carbocycles. The molecule has 0 bridgehead atoms. The van der Waals surface area contributed by atoms with Crippen LogP contribution in [0.3, 0.4) is 0 Å². The van der Waals surface area contributed by atoms with Gasteiger partial charge in [-0.2, -0.15) is 0 Å². The molecule has 0 aliphatic rings. The fourth-order valence-corrected chi connectivity index (χ4v) is 1.37. The molecule has 0 saturated heterocycles. The van der Waals surface area contributed by atoms with Gasteiger partial charge in [0.25, 0.3) is 0 Å². The van der Waals surface area contributed by atoms with Gasteiger partial charge in [-0.25, -0.2) is 0 Å². The molecule has 76 valence electrons. The Balaban J connectivity index is 2.31. The molecule has 4 heteroatoms. The van der Waals surface area contributed by atoms with Crippen LogP contribution in [-0.2, 0) is 16.1 Å². The standard InChI is InChI=1S/C10H12BrNO2/c11-9-4-2-1-3-8(9)7-14-6-5-10(12)13/h1-4H,5-7H2,(H2,12,13). The van der Waals surface area contributed by atoms with Crippen molar-refractivity contribution in [3.05, 3.63) is 34.3 Å². The molecular formula is C10H12BrNO2. The van der Waals surface area contributed by atoms with Crippen molar-refractivity contribution in [2.75, 3.05) is 6.61 Å². The van der Waals surface area contributed by atoms with E-state index in [2.05, 4.69) is 15.9 Å². The van der Waals surface area contributed by atoms with E-state index in [0.717, 1.165) is 10.0 Å². The summed E-state index contributed by atoms with van der Waals surface area (Å²) < 4.78 is 6.29. The van der Waals surface area contributed by atoms with Crippen LogP contribution in [0.5, 0.6) is 0 Å². The average molecular weight is 258 g/mol. The molecule has 0 radical (unpaired) electrons. The van der Waals surface area contributed by atoms with Gasteiger partial charge in [-0.3, -0.25) is 4.79 Å². The lowest BCUT2D eigenvalue weighted by molar-refractivity contribution is -0.119. The number of ether oxygens (including phenoxy) is 1. The molecule has 2 N–H and O–H groups in total. The van der Waals surface area contributed by atoms with Crippen LogP contribution >= 0.6 is 15.9 Å². The van der Waals surface area contributed by atoms with Crippen molar-refractivity contribution in [2.24, 2.45) is 5.73 Å². The van der Waals surface area contributed by atoms with Crippen LogP contribution in [0.25, 0.3) is 0 Å². The molecule has 0 aliphatic heterocycles. The molecule has 3 nitrogen and oxygen atoms in total. The zero-order chi connectivity index (χ0) is 10.4. The summed E-state index contributed by atoms with van der Waals surface area (Å²) >= 11 is 3.41. The van der Waals surface area contributed by atoms with Gasteiger partial charge in [0.15, 0.2) is 0 Å². The molecule has 0 atom stereocenters. The van der Waals surface area contributed by atoms with Crippen molar-refractivity contribution in [3.8, 4) is 0 Å². The quantitative estimate of drug-likeness (QED) is 0.819. The lowest BCUT2D eigenvalue weighted by Crippen LogP contribution is -2.13. The Morgan fingerprint density at radius 2 is 2.14 bits per heavy atom. The highest BCUT2D eigenvalue weighted by molar-refractivity contribution is 9.10. The van der Waals surface area contributed by atoms with E-state index < -0.39 is 0 Å². The zero-order valence-electron chi connectivity index (χ0n) is 7.70. The highest BCUT2D eigenvalue weighted by atomic mass is 79.9. The number of benzene rings is 1. The minimum atomic E-state index is -0.336. The van der Waals surface area contributed by atoms with Gasteiger partial charge in [0.05, 0.1) is 13.2 Å². The van der Waals surface area contributed by atoms with Crippen LogP contribution in [0.4, 0.5) is 0 Å². The summed E-state index contributed by atoms with van der Waals surface area (Å²) in [6.45, 7) is 0.866. The second kappa shape index (κ2) is 5.78. The number of rotatable bonds is 5. The van der Waals surface area contributed by atoms with E-state index in [1.54, 1.807) is 0 Å². The van der Waals surface area contributed by atoms with Crippen molar-refractivity contribution < 1.29 is 9.53 Å². The van der Waals surface area contributed by atoms with Gasteiger partial charge in [-0.15, -0.1) is 0 Å². The summed E-state index contributed by atoms with van der Waals surface area (Å²) in [5, 5.41) is 0. The predicted octanol–water partition coefficient (Wildman–Crippen LogP) is 1.84. The first-order valence-corrected chi connectivity index (χ1v) is 5.09. The second-order valence-electron chi connectivity index (χ2n) is 2.86. The van der Waals surface area contributed by atoms with Gasteiger partial charge in [0, 0.05) is 10.9 Å². The first kappa shape index (κ1) is 11.2. The van der Waals surface area contributed by atoms with Gasteiger partial charge in [-0.05, 0) is 11.6 Å². The lowest BCUT2D eigenvalue weighted by atomic mass is 10.2. The Hall–Kier alpha value is -0.870. The van der Waals surface area contributed by atoms with Crippen LogP contribution in [0.1, 0.15) is 12.0 Å². The monoisotopic (exact) mass is 257 g/mol. The van der Waals surface area contributed by atoms with Gasteiger partial charge in [0.2, 0.25) is 5.91 Å². The van der Waals surface area contributed by atoms with E-state index in [1.807, 2.05) is 24.3 Å². The van der Waals surface area contributed by atoms with E-state index in [9.17, 15) is 4.79 Å². The summed E-state index contributed by atoms with van der Waals surface area (Å²) in [6, 6.07) is 7.80. The summed E-state index contributed by atoms with van der Waals surface area (Å²) in [5.74, 6) is -0.336. The Bertz CT molecular complexity index is 315. The number of primary amides is 1. The van der Waals surface area contributed by atoms with Crippen LogP contribution in [0.15, 0.2) is 28.7 Å². The number of hydrogen-bond donors (Lipinski definition) is 1. The zero-order valence-corrected chi connectivity index (χ0v) is 9.29. The maximum absolute atomic E-state index is 10.4. The number of carbonyl (C=O) groups is 1. The van der Waals surface area contributed by atoms with Gasteiger partial charge < -0.3 is 10.5 Å². The fourth-order valence-electron chi connectivity index (χ4n) is 0.970. The summed E-state index contributed by atoms with van der Waals surface area (Å²) in [7, 11) is 0. The van der Waals surface area contributed by atoms with Crippen LogP contribution in [0, 0.1) is 0 Å². The van der Waals surface area contributed by atoms with Crippen LogP contribution in [-0.4, -0.2) is 12.5 Å². The maximum Gasteiger partial charge on any atom is 0.219 e. The average Bonchev–Trinajstić information content (AvgIpc) is 2.15. The van der Waals surface area contributed by atoms with Crippen molar-refractivity contribution in [2.45, 2.75) is 13.0 Å². The summed E-state index contributed by atoms with van der Waals surface area (Å²) in [5.41, 5.74) is 6.04. The van der Waals surface area contributed by atoms with Crippen LogP contribution < -0.4 is 5.73 Å². The van der Waals surface area contributed by atoms with E-state index in [1.165, 1.54) is 0 Å². The molecule has 0 aliphatic carbocycles.